The summed E-state index contributed by atoms with van der Waals surface area (Å²) < 4.78 is 50.0. The van der Waals surface area contributed by atoms with Crippen LogP contribution in [0.1, 0.15) is 0 Å². The third kappa shape index (κ3) is 3.08. The summed E-state index contributed by atoms with van der Waals surface area (Å²) in [6.07, 6.45) is 1.12. The van der Waals surface area contributed by atoms with Crippen molar-refractivity contribution in [1.82, 2.24) is 8.61 Å². The quantitative estimate of drug-likeness (QED) is 0.814. The van der Waals surface area contributed by atoms with E-state index in [1.165, 1.54) is 14.7 Å². The number of thiophene rings is 1. The maximum Gasteiger partial charge on any atom is 0.252 e. The Morgan fingerprint density at radius 2 is 1.63 bits per heavy atom. The van der Waals surface area contributed by atoms with E-state index in [1.807, 2.05) is 0 Å². The number of anilines is 1. The van der Waals surface area contributed by atoms with Gasteiger partial charge in [-0.25, -0.2) is 16.8 Å². The molecule has 2 rings (SSSR count). The molecule has 0 aliphatic carbocycles. The summed E-state index contributed by atoms with van der Waals surface area (Å²) >= 11 is 1.07. The van der Waals surface area contributed by atoms with Gasteiger partial charge in [-0.3, -0.25) is 0 Å². The zero-order valence-electron chi connectivity index (χ0n) is 10.3. The number of rotatable bonds is 3. The average molecular weight is 325 g/mol. The Morgan fingerprint density at radius 1 is 1.11 bits per heavy atom. The number of sulfonamides is 2. The van der Waals surface area contributed by atoms with Crippen LogP contribution in [0.3, 0.4) is 0 Å². The zero-order valence-corrected chi connectivity index (χ0v) is 12.8. The van der Waals surface area contributed by atoms with Crippen molar-refractivity contribution in [3.05, 3.63) is 11.4 Å². The van der Waals surface area contributed by atoms with Gasteiger partial charge in [-0.15, -0.1) is 11.3 Å². The van der Waals surface area contributed by atoms with Gasteiger partial charge >= 0.3 is 0 Å². The SMILES string of the molecule is CS(=O)(=O)N1CCN(S(=O)(=O)c2cc(N)cs2)CC1. The first kappa shape index (κ1) is 14.7. The Morgan fingerprint density at radius 3 is 2.05 bits per heavy atom. The first-order valence-electron chi connectivity index (χ1n) is 5.50. The van der Waals surface area contributed by atoms with Crippen molar-refractivity contribution in [2.45, 2.75) is 4.21 Å². The number of hydrogen-bond donors (Lipinski definition) is 1. The molecule has 0 spiro atoms. The van der Waals surface area contributed by atoms with Crippen LogP contribution >= 0.6 is 11.3 Å². The van der Waals surface area contributed by atoms with Crippen molar-refractivity contribution in [2.24, 2.45) is 0 Å². The standard InChI is InChI=1S/C9H15N3O4S3/c1-18(13,14)11-2-4-12(5-3-11)19(15,16)9-6-8(10)7-17-9/h6-7H,2-5,10H2,1H3. The second-order valence-electron chi connectivity index (χ2n) is 4.27. The molecule has 0 bridgehead atoms. The third-order valence-corrected chi connectivity index (χ3v) is 7.49. The van der Waals surface area contributed by atoms with Crippen LogP contribution in [0.25, 0.3) is 0 Å². The van der Waals surface area contributed by atoms with E-state index in [1.54, 1.807) is 5.38 Å². The largest absolute Gasteiger partial charge is 0.398 e. The Bertz CT molecular complexity index is 657. The first-order chi connectivity index (χ1) is 8.71. The van der Waals surface area contributed by atoms with Gasteiger partial charge in [-0.05, 0) is 6.07 Å². The number of nitrogens with two attached hydrogens (primary N) is 1. The zero-order chi connectivity index (χ0) is 14.3. The smallest absolute Gasteiger partial charge is 0.252 e. The molecule has 2 heterocycles. The van der Waals surface area contributed by atoms with Crippen LogP contribution in [0, 0.1) is 0 Å². The molecule has 7 nitrogen and oxygen atoms in total. The van der Waals surface area contributed by atoms with Gasteiger partial charge in [0.2, 0.25) is 10.0 Å². The second kappa shape index (κ2) is 5.02. The summed E-state index contributed by atoms with van der Waals surface area (Å²) in [5.41, 5.74) is 5.94. The van der Waals surface area contributed by atoms with Crippen LogP contribution in [0.15, 0.2) is 15.7 Å². The molecule has 1 aromatic rings. The van der Waals surface area contributed by atoms with Crippen LogP contribution < -0.4 is 5.73 Å². The van der Waals surface area contributed by atoms with Gasteiger partial charge in [-0.1, -0.05) is 0 Å². The minimum Gasteiger partial charge on any atom is -0.398 e. The van der Waals surface area contributed by atoms with Crippen LogP contribution in [0.4, 0.5) is 5.69 Å². The van der Waals surface area contributed by atoms with Gasteiger partial charge in [0.15, 0.2) is 0 Å². The Hall–Kier alpha value is -0.680. The van der Waals surface area contributed by atoms with Crippen LogP contribution in [-0.4, -0.2) is 57.9 Å². The van der Waals surface area contributed by atoms with E-state index < -0.39 is 20.0 Å². The number of nitrogen functional groups attached to an aromatic ring is 1. The summed E-state index contributed by atoms with van der Waals surface area (Å²) in [5.74, 6) is 0. The monoisotopic (exact) mass is 325 g/mol. The molecule has 1 aliphatic rings. The topological polar surface area (TPSA) is 101 Å². The number of nitrogens with zero attached hydrogens (tertiary/aromatic N) is 2. The van der Waals surface area contributed by atoms with Crippen molar-refractivity contribution >= 4 is 37.1 Å². The molecule has 108 valence electrons. The summed E-state index contributed by atoms with van der Waals surface area (Å²) in [6, 6.07) is 1.42. The van der Waals surface area contributed by atoms with E-state index in [0.29, 0.717) is 5.69 Å². The van der Waals surface area contributed by atoms with Gasteiger partial charge < -0.3 is 5.73 Å². The Kier molecular flexibility index (Phi) is 3.89. The van der Waals surface area contributed by atoms with Gasteiger partial charge in [0.1, 0.15) is 4.21 Å². The molecular formula is C9H15N3O4S3. The first-order valence-corrected chi connectivity index (χ1v) is 9.67. The minimum absolute atomic E-state index is 0.160. The van der Waals surface area contributed by atoms with Crippen molar-refractivity contribution in [2.75, 3.05) is 38.2 Å². The Balaban J connectivity index is 2.14. The molecular weight excluding hydrogens is 310 g/mol. The molecule has 1 fully saturated rings. The molecule has 0 atom stereocenters. The predicted octanol–water partition coefficient (Wildman–Crippen LogP) is -0.404. The van der Waals surface area contributed by atoms with Crippen LogP contribution in [0.5, 0.6) is 0 Å². The second-order valence-corrected chi connectivity index (χ2v) is 9.32. The molecule has 19 heavy (non-hydrogen) atoms. The lowest BCUT2D eigenvalue weighted by atomic mass is 10.4. The minimum atomic E-state index is -3.56. The third-order valence-electron chi connectivity index (χ3n) is 2.86. The lowest BCUT2D eigenvalue weighted by Gasteiger charge is -2.32. The normalized spacial score (nSPS) is 19.6. The fourth-order valence-corrected chi connectivity index (χ4v) is 5.32. The molecule has 10 heteroatoms. The van der Waals surface area contributed by atoms with Gasteiger partial charge in [0.25, 0.3) is 10.0 Å². The highest BCUT2D eigenvalue weighted by Gasteiger charge is 2.32. The highest BCUT2D eigenvalue weighted by molar-refractivity contribution is 7.91. The summed E-state index contributed by atoms with van der Waals surface area (Å²) in [6.45, 7) is 0.679. The van der Waals surface area contributed by atoms with Crippen molar-refractivity contribution in [1.29, 1.82) is 0 Å². The predicted molar refractivity (Wildman–Crippen MR) is 73.9 cm³/mol. The van der Waals surface area contributed by atoms with E-state index in [2.05, 4.69) is 0 Å². The van der Waals surface area contributed by atoms with Gasteiger partial charge in [-0.2, -0.15) is 8.61 Å². The molecule has 0 unspecified atom stereocenters. The molecule has 1 saturated heterocycles. The summed E-state index contributed by atoms with van der Waals surface area (Å²) in [5, 5.41) is 1.57. The van der Waals surface area contributed by atoms with E-state index in [9.17, 15) is 16.8 Å². The maximum absolute atomic E-state index is 12.3. The fourth-order valence-electron chi connectivity index (χ4n) is 1.83. The average Bonchev–Trinajstić information content (AvgIpc) is 2.76. The highest BCUT2D eigenvalue weighted by atomic mass is 32.2. The molecule has 0 radical (unpaired) electrons. The lowest BCUT2D eigenvalue weighted by molar-refractivity contribution is 0.274. The van der Waals surface area contributed by atoms with Crippen molar-refractivity contribution in [3.63, 3.8) is 0 Å². The van der Waals surface area contributed by atoms with Crippen LogP contribution in [0.2, 0.25) is 0 Å². The lowest BCUT2D eigenvalue weighted by Crippen LogP contribution is -2.50. The van der Waals surface area contributed by atoms with E-state index in [4.69, 9.17) is 5.73 Å². The maximum atomic E-state index is 12.3. The molecule has 1 aromatic heterocycles. The molecule has 0 aromatic carbocycles. The summed E-state index contributed by atoms with van der Waals surface area (Å²) in [7, 11) is -6.82. The summed E-state index contributed by atoms with van der Waals surface area (Å²) in [4.78, 5) is 0. The molecule has 2 N–H and O–H groups in total. The van der Waals surface area contributed by atoms with Crippen molar-refractivity contribution in [3.8, 4) is 0 Å². The van der Waals surface area contributed by atoms with Gasteiger partial charge in [0.05, 0.1) is 6.26 Å². The van der Waals surface area contributed by atoms with Crippen LogP contribution in [-0.2, 0) is 20.0 Å². The van der Waals surface area contributed by atoms with Crippen molar-refractivity contribution < 1.29 is 16.8 Å². The Labute approximate surface area is 116 Å². The number of piperazine rings is 1. The van der Waals surface area contributed by atoms with E-state index >= 15 is 0 Å². The molecule has 0 saturated carbocycles. The number of hydrogen-bond acceptors (Lipinski definition) is 6. The van der Waals surface area contributed by atoms with E-state index in [0.717, 1.165) is 17.6 Å². The fraction of sp³-hybridized carbons (Fsp3) is 0.556. The molecule has 1 aliphatic heterocycles. The van der Waals surface area contributed by atoms with Gasteiger partial charge in [0, 0.05) is 37.2 Å². The van der Waals surface area contributed by atoms with E-state index in [-0.39, 0.29) is 30.4 Å². The highest BCUT2D eigenvalue weighted by Crippen LogP contribution is 2.26. The molecule has 0 amide bonds.